The highest BCUT2D eigenvalue weighted by molar-refractivity contribution is 7.14. The maximum absolute atomic E-state index is 6.24. The van der Waals surface area contributed by atoms with Gasteiger partial charge >= 0.3 is 0 Å². The van der Waals surface area contributed by atoms with Crippen molar-refractivity contribution in [2.24, 2.45) is 0 Å². The highest BCUT2D eigenvalue weighted by Gasteiger charge is 2.16. The van der Waals surface area contributed by atoms with E-state index in [9.17, 15) is 0 Å². The first-order chi connectivity index (χ1) is 8.24. The quantitative estimate of drug-likeness (QED) is 0.839. The number of thiophene rings is 1. The first-order valence-corrected chi connectivity index (χ1v) is 6.86. The smallest absolute Gasteiger partial charge is 0.181 e. The van der Waals surface area contributed by atoms with Crippen LogP contribution in [0.15, 0.2) is 16.2 Å². The second-order valence-corrected chi connectivity index (χ2v) is 5.12. The summed E-state index contributed by atoms with van der Waals surface area (Å²) in [5, 5.41) is 6.11. The van der Waals surface area contributed by atoms with Gasteiger partial charge in [0.25, 0.3) is 0 Å². The minimum atomic E-state index is 0.715. The number of halogens is 1. The summed E-state index contributed by atoms with van der Waals surface area (Å²) in [7, 11) is 0. The summed E-state index contributed by atoms with van der Waals surface area (Å²) in [6, 6.07) is 0. The molecule has 3 nitrogen and oxygen atoms in total. The zero-order valence-electron chi connectivity index (χ0n) is 9.92. The Morgan fingerprint density at radius 1 is 1.53 bits per heavy atom. The number of oxazole rings is 1. The van der Waals surface area contributed by atoms with Crippen LogP contribution in [0.2, 0.25) is 5.02 Å². The molecule has 0 bridgehead atoms. The average molecular weight is 271 g/mol. The van der Waals surface area contributed by atoms with Gasteiger partial charge in [-0.3, -0.25) is 0 Å². The molecule has 0 aromatic carbocycles. The second-order valence-electron chi connectivity index (χ2n) is 3.87. The first kappa shape index (κ1) is 12.6. The van der Waals surface area contributed by atoms with Crippen molar-refractivity contribution in [2.45, 2.75) is 26.8 Å². The highest BCUT2D eigenvalue weighted by Crippen LogP contribution is 2.37. The highest BCUT2D eigenvalue weighted by atomic mass is 35.5. The van der Waals surface area contributed by atoms with Gasteiger partial charge in [-0.1, -0.05) is 18.5 Å². The van der Waals surface area contributed by atoms with Crippen molar-refractivity contribution in [1.29, 1.82) is 0 Å². The molecule has 0 saturated carbocycles. The Balaban J connectivity index is 2.21. The van der Waals surface area contributed by atoms with Gasteiger partial charge in [-0.2, -0.15) is 0 Å². The van der Waals surface area contributed by atoms with Crippen molar-refractivity contribution < 1.29 is 4.42 Å². The topological polar surface area (TPSA) is 38.1 Å². The van der Waals surface area contributed by atoms with Gasteiger partial charge in [-0.15, -0.1) is 11.3 Å². The second kappa shape index (κ2) is 5.67. The van der Waals surface area contributed by atoms with Crippen LogP contribution in [-0.4, -0.2) is 11.5 Å². The predicted molar refractivity (Wildman–Crippen MR) is 71.6 cm³/mol. The zero-order chi connectivity index (χ0) is 12.3. The number of aromatic nitrogens is 1. The molecule has 0 amide bonds. The van der Waals surface area contributed by atoms with Gasteiger partial charge in [0.2, 0.25) is 0 Å². The third kappa shape index (κ3) is 2.70. The third-order valence-electron chi connectivity index (χ3n) is 2.47. The van der Waals surface area contributed by atoms with Gasteiger partial charge in [-0.05, 0) is 30.8 Å². The van der Waals surface area contributed by atoms with Crippen LogP contribution >= 0.6 is 22.9 Å². The molecular formula is C12H15ClN2OS. The van der Waals surface area contributed by atoms with Crippen LogP contribution in [-0.2, 0) is 6.54 Å². The fourth-order valence-electron chi connectivity index (χ4n) is 1.55. The molecular weight excluding hydrogens is 256 g/mol. The summed E-state index contributed by atoms with van der Waals surface area (Å²) in [4.78, 5) is 5.20. The molecule has 0 radical (unpaired) electrons. The molecule has 0 fully saturated rings. The van der Waals surface area contributed by atoms with Crippen molar-refractivity contribution in [1.82, 2.24) is 10.3 Å². The van der Waals surface area contributed by atoms with E-state index in [1.54, 1.807) is 11.3 Å². The lowest BCUT2D eigenvalue weighted by molar-refractivity contribution is 0.570. The van der Waals surface area contributed by atoms with Crippen LogP contribution in [0.4, 0.5) is 0 Å². The molecule has 92 valence electrons. The van der Waals surface area contributed by atoms with Gasteiger partial charge in [0.05, 0.1) is 9.90 Å². The Labute approximate surface area is 110 Å². The van der Waals surface area contributed by atoms with Crippen molar-refractivity contribution in [3.8, 4) is 10.6 Å². The van der Waals surface area contributed by atoms with E-state index < -0.39 is 0 Å². The van der Waals surface area contributed by atoms with Crippen LogP contribution in [0.3, 0.4) is 0 Å². The van der Waals surface area contributed by atoms with Gasteiger partial charge < -0.3 is 9.73 Å². The minimum Gasteiger partial charge on any atom is -0.442 e. The monoisotopic (exact) mass is 270 g/mol. The molecule has 2 aromatic rings. The summed E-state index contributed by atoms with van der Waals surface area (Å²) >= 11 is 7.83. The van der Waals surface area contributed by atoms with Crippen LogP contribution in [0.5, 0.6) is 0 Å². The summed E-state index contributed by atoms with van der Waals surface area (Å²) < 4.78 is 5.45. The maximum Gasteiger partial charge on any atom is 0.181 e. The number of hydrogen-bond donors (Lipinski definition) is 1. The van der Waals surface area contributed by atoms with Crippen molar-refractivity contribution >= 4 is 22.9 Å². The average Bonchev–Trinajstić information content (AvgIpc) is 2.89. The van der Waals surface area contributed by atoms with Gasteiger partial charge in [0.1, 0.15) is 5.69 Å². The number of nitrogens with zero attached hydrogens (tertiary/aromatic N) is 1. The predicted octanol–water partition coefficient (Wildman–Crippen LogP) is 3.86. The molecule has 1 N–H and O–H groups in total. The Morgan fingerprint density at radius 2 is 2.35 bits per heavy atom. The first-order valence-electron chi connectivity index (χ1n) is 5.61. The largest absolute Gasteiger partial charge is 0.442 e. The van der Waals surface area contributed by atoms with Gasteiger partial charge in [0.15, 0.2) is 12.2 Å². The molecule has 2 heterocycles. The number of nitrogens with one attached hydrogen (secondary N) is 1. The Hall–Kier alpha value is -0.840. The lowest BCUT2D eigenvalue weighted by Gasteiger charge is -2.01. The number of rotatable bonds is 5. The fourth-order valence-corrected chi connectivity index (χ4v) is 2.84. The van der Waals surface area contributed by atoms with E-state index in [2.05, 4.69) is 17.2 Å². The molecule has 0 unspecified atom stereocenters. The van der Waals surface area contributed by atoms with Crippen molar-refractivity contribution in [2.75, 3.05) is 6.54 Å². The zero-order valence-corrected chi connectivity index (χ0v) is 11.5. The van der Waals surface area contributed by atoms with E-state index in [0.29, 0.717) is 6.54 Å². The molecule has 2 rings (SSSR count). The molecule has 5 heteroatoms. The van der Waals surface area contributed by atoms with E-state index in [1.165, 1.54) is 6.39 Å². The Morgan fingerprint density at radius 3 is 3.00 bits per heavy atom. The SMILES string of the molecule is CCCNCc1ncoc1-c1scc(C)c1Cl. The number of aryl methyl sites for hydroxylation is 1. The standard InChI is InChI=1S/C12H15ClN2OS/c1-3-4-14-5-9-11(16-7-15-9)12-10(13)8(2)6-17-12/h6-7,14H,3-5H2,1-2H3. The molecule has 17 heavy (non-hydrogen) atoms. The van der Waals surface area contributed by atoms with E-state index in [1.807, 2.05) is 12.3 Å². The van der Waals surface area contributed by atoms with Crippen LogP contribution in [0.25, 0.3) is 10.6 Å². The molecule has 0 saturated heterocycles. The van der Waals surface area contributed by atoms with Gasteiger partial charge in [0, 0.05) is 6.54 Å². The maximum atomic E-state index is 6.24. The Bertz CT molecular complexity index is 492. The summed E-state index contributed by atoms with van der Waals surface area (Å²) in [6.07, 6.45) is 2.58. The summed E-state index contributed by atoms with van der Waals surface area (Å²) in [5.41, 5.74) is 2.00. The molecule has 2 aromatic heterocycles. The van der Waals surface area contributed by atoms with E-state index in [0.717, 1.165) is 39.9 Å². The Kier molecular flexibility index (Phi) is 4.20. The van der Waals surface area contributed by atoms with Crippen molar-refractivity contribution in [3.05, 3.63) is 28.1 Å². The minimum absolute atomic E-state index is 0.715. The molecule has 0 spiro atoms. The number of hydrogen-bond acceptors (Lipinski definition) is 4. The summed E-state index contributed by atoms with van der Waals surface area (Å²) in [5.74, 6) is 0.789. The lowest BCUT2D eigenvalue weighted by Crippen LogP contribution is -2.14. The summed E-state index contributed by atoms with van der Waals surface area (Å²) in [6.45, 7) is 5.82. The third-order valence-corrected chi connectivity index (χ3v) is 4.16. The van der Waals surface area contributed by atoms with E-state index >= 15 is 0 Å². The van der Waals surface area contributed by atoms with E-state index in [-0.39, 0.29) is 0 Å². The van der Waals surface area contributed by atoms with E-state index in [4.69, 9.17) is 16.0 Å². The molecule has 0 aliphatic carbocycles. The molecule has 0 atom stereocenters. The van der Waals surface area contributed by atoms with Crippen LogP contribution in [0.1, 0.15) is 24.6 Å². The van der Waals surface area contributed by atoms with Gasteiger partial charge in [-0.25, -0.2) is 4.98 Å². The van der Waals surface area contributed by atoms with Crippen LogP contribution in [0, 0.1) is 6.92 Å². The lowest BCUT2D eigenvalue weighted by atomic mass is 10.2. The normalized spacial score (nSPS) is 11.0. The van der Waals surface area contributed by atoms with Crippen molar-refractivity contribution in [3.63, 3.8) is 0 Å². The van der Waals surface area contributed by atoms with Crippen LogP contribution < -0.4 is 5.32 Å². The molecule has 0 aliphatic rings. The fraction of sp³-hybridized carbons (Fsp3) is 0.417. The molecule has 0 aliphatic heterocycles.